The highest BCUT2D eigenvalue weighted by molar-refractivity contribution is 5.99. The van der Waals surface area contributed by atoms with E-state index in [4.69, 9.17) is 4.74 Å². The fraction of sp³-hybridized carbons (Fsp3) is 0.278. The topological polar surface area (TPSA) is 104 Å². The number of rotatable bonds is 6. The van der Waals surface area contributed by atoms with Crippen LogP contribution in [0.3, 0.4) is 0 Å². The molecule has 1 fully saturated rings. The lowest BCUT2D eigenvalue weighted by Gasteiger charge is -2.18. The molecule has 8 heteroatoms. The predicted octanol–water partition coefficient (Wildman–Crippen LogP) is 0.886. The fourth-order valence-corrected chi connectivity index (χ4v) is 2.76. The molecule has 3 rings (SSSR count). The molecule has 26 heavy (non-hydrogen) atoms. The Bertz CT molecular complexity index is 857. The molecule has 1 aromatic carbocycles. The van der Waals surface area contributed by atoms with Gasteiger partial charge in [0.25, 0.3) is 5.91 Å². The molecule has 3 N–H and O–H groups in total. The van der Waals surface area contributed by atoms with Crippen LogP contribution in [-0.2, 0) is 6.42 Å². The SMILES string of the molecule is COc1ccc(C(=O)NCCc2ccc(=O)[nH]c2)cc1N1CCNC1=O. The van der Waals surface area contributed by atoms with Crippen LogP contribution in [0, 0.1) is 0 Å². The summed E-state index contributed by atoms with van der Waals surface area (Å²) < 4.78 is 5.31. The third-order valence-electron chi connectivity index (χ3n) is 4.14. The maximum Gasteiger partial charge on any atom is 0.322 e. The first-order valence-electron chi connectivity index (χ1n) is 8.27. The number of anilines is 1. The summed E-state index contributed by atoms with van der Waals surface area (Å²) in [7, 11) is 1.52. The first-order valence-corrected chi connectivity index (χ1v) is 8.27. The minimum Gasteiger partial charge on any atom is -0.495 e. The van der Waals surface area contributed by atoms with Crippen molar-refractivity contribution in [1.82, 2.24) is 15.6 Å². The van der Waals surface area contributed by atoms with Gasteiger partial charge in [-0.2, -0.15) is 0 Å². The fourth-order valence-electron chi connectivity index (χ4n) is 2.76. The number of carbonyl (C=O) groups is 2. The summed E-state index contributed by atoms with van der Waals surface area (Å²) in [4.78, 5) is 39.5. The van der Waals surface area contributed by atoms with Crippen LogP contribution >= 0.6 is 0 Å². The van der Waals surface area contributed by atoms with Crippen LogP contribution in [0.15, 0.2) is 41.3 Å². The highest BCUT2D eigenvalue weighted by Gasteiger charge is 2.25. The number of aromatic nitrogens is 1. The van der Waals surface area contributed by atoms with Gasteiger partial charge in [0.2, 0.25) is 5.56 Å². The number of benzene rings is 1. The minimum atomic E-state index is -0.238. The zero-order valence-electron chi connectivity index (χ0n) is 14.4. The molecule has 2 heterocycles. The van der Waals surface area contributed by atoms with Gasteiger partial charge in [0.05, 0.1) is 12.8 Å². The lowest BCUT2D eigenvalue weighted by Crippen LogP contribution is -2.29. The normalized spacial score (nSPS) is 13.4. The Kier molecular flexibility index (Phi) is 5.21. The van der Waals surface area contributed by atoms with Gasteiger partial charge in [0, 0.05) is 37.5 Å². The van der Waals surface area contributed by atoms with Crippen LogP contribution < -0.4 is 25.8 Å². The van der Waals surface area contributed by atoms with Gasteiger partial charge in [-0.1, -0.05) is 6.07 Å². The third-order valence-corrected chi connectivity index (χ3v) is 4.14. The number of pyridine rings is 1. The van der Waals surface area contributed by atoms with E-state index in [1.807, 2.05) is 0 Å². The van der Waals surface area contributed by atoms with Crippen molar-refractivity contribution in [3.05, 3.63) is 58.0 Å². The van der Waals surface area contributed by atoms with Crippen LogP contribution in [0.1, 0.15) is 15.9 Å². The van der Waals surface area contributed by atoms with Crippen LogP contribution in [0.5, 0.6) is 5.75 Å². The molecule has 0 bridgehead atoms. The Morgan fingerprint density at radius 1 is 1.27 bits per heavy atom. The second-order valence-electron chi connectivity index (χ2n) is 5.84. The zero-order chi connectivity index (χ0) is 18.5. The number of urea groups is 1. The summed E-state index contributed by atoms with van der Waals surface area (Å²) in [6, 6.07) is 7.96. The molecule has 1 aromatic heterocycles. The summed E-state index contributed by atoms with van der Waals surface area (Å²) in [5.74, 6) is 0.296. The standard InChI is InChI=1S/C18H20N4O4/c1-26-15-4-3-13(10-14(15)22-9-8-20-18(22)25)17(24)19-7-6-12-2-5-16(23)21-11-12/h2-5,10-11H,6-9H2,1H3,(H,19,24)(H,20,25)(H,21,23). The van der Waals surface area contributed by atoms with Crippen LogP contribution in [0.2, 0.25) is 0 Å². The first-order chi connectivity index (χ1) is 12.6. The van der Waals surface area contributed by atoms with Gasteiger partial charge < -0.3 is 20.4 Å². The van der Waals surface area contributed by atoms with Gasteiger partial charge >= 0.3 is 6.03 Å². The highest BCUT2D eigenvalue weighted by Crippen LogP contribution is 2.30. The molecule has 1 saturated heterocycles. The molecule has 1 aliphatic heterocycles. The van der Waals surface area contributed by atoms with Gasteiger partial charge in [0.1, 0.15) is 5.75 Å². The smallest absolute Gasteiger partial charge is 0.322 e. The van der Waals surface area contributed by atoms with Crippen molar-refractivity contribution in [3.63, 3.8) is 0 Å². The minimum absolute atomic E-state index is 0.158. The average Bonchev–Trinajstić information content (AvgIpc) is 3.08. The Labute approximate surface area is 150 Å². The number of amides is 3. The van der Waals surface area contributed by atoms with Crippen molar-refractivity contribution in [2.24, 2.45) is 0 Å². The van der Waals surface area contributed by atoms with Gasteiger partial charge in [-0.3, -0.25) is 14.5 Å². The number of methoxy groups -OCH3 is 1. The number of ether oxygens (including phenoxy) is 1. The molecule has 0 saturated carbocycles. The Balaban J connectivity index is 1.68. The summed E-state index contributed by atoms with van der Waals surface area (Å²) in [6.45, 7) is 1.50. The predicted molar refractivity (Wildman–Crippen MR) is 96.8 cm³/mol. The quantitative estimate of drug-likeness (QED) is 0.715. The molecule has 3 amide bonds. The number of aromatic amines is 1. The van der Waals surface area contributed by atoms with Gasteiger partial charge in [0.15, 0.2) is 0 Å². The summed E-state index contributed by atoms with van der Waals surface area (Å²) in [6.07, 6.45) is 2.23. The number of hydrogen-bond donors (Lipinski definition) is 3. The third kappa shape index (κ3) is 3.85. The first kappa shape index (κ1) is 17.5. The molecule has 0 unspecified atom stereocenters. The molecule has 0 spiro atoms. The number of nitrogens with zero attached hydrogens (tertiary/aromatic N) is 1. The van der Waals surface area contributed by atoms with Gasteiger partial charge in [-0.25, -0.2) is 4.79 Å². The van der Waals surface area contributed by atoms with Crippen molar-refractivity contribution in [1.29, 1.82) is 0 Å². The molecule has 0 radical (unpaired) electrons. The van der Waals surface area contributed by atoms with E-state index in [2.05, 4.69) is 15.6 Å². The molecular weight excluding hydrogens is 336 g/mol. The lowest BCUT2D eigenvalue weighted by atomic mass is 10.1. The van der Waals surface area contributed by atoms with Crippen molar-refractivity contribution in [2.45, 2.75) is 6.42 Å². The van der Waals surface area contributed by atoms with E-state index in [0.717, 1.165) is 5.56 Å². The maximum absolute atomic E-state index is 12.4. The average molecular weight is 356 g/mol. The Morgan fingerprint density at radius 2 is 2.12 bits per heavy atom. The number of H-pyrrole nitrogens is 1. The van der Waals surface area contributed by atoms with Crippen molar-refractivity contribution >= 4 is 17.6 Å². The second kappa shape index (κ2) is 7.73. The number of carbonyl (C=O) groups excluding carboxylic acids is 2. The molecule has 0 aliphatic carbocycles. The molecule has 0 atom stereocenters. The van der Waals surface area contributed by atoms with Crippen LogP contribution in [-0.4, -0.2) is 43.7 Å². The number of nitrogens with one attached hydrogen (secondary N) is 3. The largest absolute Gasteiger partial charge is 0.495 e. The van der Waals surface area contributed by atoms with E-state index < -0.39 is 0 Å². The van der Waals surface area contributed by atoms with Gasteiger partial charge in [-0.15, -0.1) is 0 Å². The zero-order valence-corrected chi connectivity index (χ0v) is 14.4. The lowest BCUT2D eigenvalue weighted by molar-refractivity contribution is 0.0954. The summed E-state index contributed by atoms with van der Waals surface area (Å²) >= 11 is 0. The Hall–Kier alpha value is -3.29. The van der Waals surface area contributed by atoms with Crippen molar-refractivity contribution < 1.29 is 14.3 Å². The van der Waals surface area contributed by atoms with E-state index >= 15 is 0 Å². The summed E-state index contributed by atoms with van der Waals surface area (Å²) in [5, 5.41) is 5.57. The van der Waals surface area contributed by atoms with E-state index in [1.54, 1.807) is 35.4 Å². The molecular formula is C18H20N4O4. The summed E-state index contributed by atoms with van der Waals surface area (Å²) in [5.41, 5.74) is 1.78. The van der Waals surface area contributed by atoms with Crippen molar-refractivity contribution in [2.75, 3.05) is 31.6 Å². The van der Waals surface area contributed by atoms with Crippen LogP contribution in [0.25, 0.3) is 0 Å². The highest BCUT2D eigenvalue weighted by atomic mass is 16.5. The molecule has 1 aliphatic rings. The van der Waals surface area contributed by atoms with E-state index in [9.17, 15) is 14.4 Å². The van der Waals surface area contributed by atoms with E-state index in [1.165, 1.54) is 13.2 Å². The maximum atomic E-state index is 12.4. The van der Waals surface area contributed by atoms with E-state index in [-0.39, 0.29) is 17.5 Å². The second-order valence-corrected chi connectivity index (χ2v) is 5.84. The molecule has 136 valence electrons. The van der Waals surface area contributed by atoms with E-state index in [0.29, 0.717) is 43.1 Å². The van der Waals surface area contributed by atoms with Crippen molar-refractivity contribution in [3.8, 4) is 5.75 Å². The molecule has 8 nitrogen and oxygen atoms in total. The van der Waals surface area contributed by atoms with Gasteiger partial charge in [-0.05, 0) is 30.2 Å². The monoisotopic (exact) mass is 356 g/mol. The molecule has 2 aromatic rings. The Morgan fingerprint density at radius 3 is 2.77 bits per heavy atom. The number of hydrogen-bond acceptors (Lipinski definition) is 4. The van der Waals surface area contributed by atoms with Crippen LogP contribution in [0.4, 0.5) is 10.5 Å².